The van der Waals surface area contributed by atoms with Crippen molar-refractivity contribution in [3.63, 3.8) is 0 Å². The van der Waals surface area contributed by atoms with E-state index < -0.39 is 143 Å². The normalized spacial score (nSPS) is 53.9. The Labute approximate surface area is 249 Å². The highest BCUT2D eigenvalue weighted by Gasteiger charge is 2.55. The monoisotopic (exact) mass is 650 g/mol. The quantitative estimate of drug-likeness (QED) is 0.110. The van der Waals surface area contributed by atoms with Gasteiger partial charge < -0.3 is 99.5 Å². The first-order chi connectivity index (χ1) is 20.7. The maximum atomic E-state index is 11.0. The lowest BCUT2D eigenvalue weighted by molar-refractivity contribution is -0.387. The Morgan fingerprint density at radius 3 is 1.30 bits per heavy atom. The van der Waals surface area contributed by atoms with Crippen molar-refractivity contribution in [2.45, 2.75) is 130 Å². The Morgan fingerprint density at radius 1 is 0.409 bits per heavy atom. The number of ether oxygens (including phenoxy) is 7. The molecular formula is C24H42O20. The zero-order valence-corrected chi connectivity index (χ0v) is 23.3. The summed E-state index contributed by atoms with van der Waals surface area (Å²) in [6, 6.07) is 0. The van der Waals surface area contributed by atoms with Crippen LogP contribution in [0.4, 0.5) is 0 Å². The summed E-state index contributed by atoms with van der Waals surface area (Å²) in [6.45, 7) is -1.08. The first-order valence-corrected chi connectivity index (χ1v) is 14.0. The van der Waals surface area contributed by atoms with Gasteiger partial charge in [0, 0.05) is 0 Å². The molecular weight excluding hydrogens is 608 g/mol. The first kappa shape index (κ1) is 36.0. The van der Waals surface area contributed by atoms with Crippen LogP contribution in [0.1, 0.15) is 6.92 Å². The highest BCUT2D eigenvalue weighted by atomic mass is 16.8. The van der Waals surface area contributed by atoms with Crippen LogP contribution in [0.5, 0.6) is 0 Å². The number of rotatable bonds is 9. The van der Waals surface area contributed by atoms with Gasteiger partial charge in [-0.15, -0.1) is 0 Å². The molecule has 0 bridgehead atoms. The van der Waals surface area contributed by atoms with Crippen molar-refractivity contribution in [3.8, 4) is 0 Å². The molecule has 13 N–H and O–H groups in total. The molecule has 4 rings (SSSR count). The Kier molecular flexibility index (Phi) is 12.3. The molecule has 4 heterocycles. The second-order valence-electron chi connectivity index (χ2n) is 11.1. The molecule has 4 aliphatic heterocycles. The van der Waals surface area contributed by atoms with Crippen LogP contribution in [0.25, 0.3) is 0 Å². The zero-order chi connectivity index (χ0) is 32.6. The fourth-order valence-corrected chi connectivity index (χ4v) is 5.47. The second-order valence-corrected chi connectivity index (χ2v) is 11.1. The van der Waals surface area contributed by atoms with Gasteiger partial charge in [-0.2, -0.15) is 0 Å². The number of aliphatic hydroxyl groups is 13. The van der Waals surface area contributed by atoms with Gasteiger partial charge in [-0.1, -0.05) is 0 Å². The van der Waals surface area contributed by atoms with Crippen molar-refractivity contribution >= 4 is 0 Å². The number of aliphatic hydroxyl groups excluding tert-OH is 13. The molecule has 20 heteroatoms. The molecule has 8 unspecified atom stereocenters. The van der Waals surface area contributed by atoms with Gasteiger partial charge in [-0.05, 0) is 6.92 Å². The Bertz CT molecular complexity index is 900. The number of hydrogen-bond donors (Lipinski definition) is 13. The van der Waals surface area contributed by atoms with E-state index in [0.717, 1.165) is 0 Å². The summed E-state index contributed by atoms with van der Waals surface area (Å²) in [5, 5.41) is 133. The molecule has 0 saturated carbocycles. The fraction of sp³-hybridized carbons (Fsp3) is 1.00. The predicted molar refractivity (Wildman–Crippen MR) is 132 cm³/mol. The van der Waals surface area contributed by atoms with E-state index in [1.165, 1.54) is 6.92 Å². The number of hydrogen-bond acceptors (Lipinski definition) is 20. The topological polar surface area (TPSA) is 328 Å². The third-order valence-electron chi connectivity index (χ3n) is 8.17. The van der Waals surface area contributed by atoms with Crippen LogP contribution in [0.15, 0.2) is 0 Å². The highest BCUT2D eigenvalue weighted by Crippen LogP contribution is 2.34. The Balaban J connectivity index is 1.50. The Morgan fingerprint density at radius 2 is 0.795 bits per heavy atom. The van der Waals surface area contributed by atoms with Gasteiger partial charge in [-0.25, -0.2) is 0 Å². The smallest absolute Gasteiger partial charge is 0.187 e. The van der Waals surface area contributed by atoms with Crippen molar-refractivity contribution in [3.05, 3.63) is 0 Å². The van der Waals surface area contributed by atoms with Crippen molar-refractivity contribution < 1.29 is 99.5 Å². The van der Waals surface area contributed by atoms with E-state index in [4.69, 9.17) is 33.2 Å². The lowest BCUT2D eigenvalue weighted by Crippen LogP contribution is -2.67. The summed E-state index contributed by atoms with van der Waals surface area (Å²) < 4.78 is 37.8. The molecule has 258 valence electrons. The van der Waals surface area contributed by atoms with Crippen molar-refractivity contribution in [2.75, 3.05) is 19.8 Å². The molecule has 0 aliphatic carbocycles. The first-order valence-electron chi connectivity index (χ1n) is 14.0. The van der Waals surface area contributed by atoms with Crippen LogP contribution < -0.4 is 0 Å². The van der Waals surface area contributed by atoms with Gasteiger partial charge in [0.25, 0.3) is 0 Å². The summed E-state index contributed by atoms with van der Waals surface area (Å²) >= 11 is 0. The van der Waals surface area contributed by atoms with E-state index in [1.807, 2.05) is 0 Å². The van der Waals surface area contributed by atoms with Gasteiger partial charge in [0.2, 0.25) is 0 Å². The van der Waals surface area contributed by atoms with Gasteiger partial charge in [-0.3, -0.25) is 0 Å². The van der Waals surface area contributed by atoms with Gasteiger partial charge in [0.1, 0.15) is 91.6 Å². The second kappa shape index (κ2) is 15.0. The van der Waals surface area contributed by atoms with Gasteiger partial charge in [0.15, 0.2) is 25.2 Å². The van der Waals surface area contributed by atoms with E-state index in [-0.39, 0.29) is 0 Å². The molecule has 4 fully saturated rings. The summed E-state index contributed by atoms with van der Waals surface area (Å²) in [6.07, 6.45) is -34.3. The largest absolute Gasteiger partial charge is 0.394 e. The van der Waals surface area contributed by atoms with E-state index in [2.05, 4.69) is 0 Å². The van der Waals surface area contributed by atoms with E-state index in [9.17, 15) is 66.4 Å². The minimum absolute atomic E-state index is 0.763. The lowest BCUT2D eigenvalue weighted by Gasteiger charge is -2.48. The summed E-state index contributed by atoms with van der Waals surface area (Å²) in [4.78, 5) is 0. The van der Waals surface area contributed by atoms with Gasteiger partial charge >= 0.3 is 0 Å². The summed E-state index contributed by atoms with van der Waals surface area (Å²) in [7, 11) is 0. The summed E-state index contributed by atoms with van der Waals surface area (Å²) in [5.74, 6) is 0. The zero-order valence-electron chi connectivity index (χ0n) is 23.3. The molecule has 0 spiro atoms. The molecule has 0 aromatic rings. The standard InChI is InChI=1S/C24H42O20/c1-5-9(28)18(16(35)23(38-5)43-19-11(30)7(3-26)39-21(37)15(19)34)42-24-17(36)20(12(31)8(4-27)41-24)44-22-14(33)13(32)10(29)6(2-25)40-22/h5-37H,2-4H2,1H3/t5?,6?,7?,8?,9-,10+,11+,12+,13-,14?,15-,16-,17?,18?,19-,20-,21?,22-,23-,24-/m0/s1. The van der Waals surface area contributed by atoms with Crippen molar-refractivity contribution in [1.29, 1.82) is 0 Å². The molecule has 20 atom stereocenters. The highest BCUT2D eigenvalue weighted by molar-refractivity contribution is 4.97. The maximum Gasteiger partial charge on any atom is 0.187 e. The molecule has 0 aromatic carbocycles. The fourth-order valence-electron chi connectivity index (χ4n) is 5.47. The van der Waals surface area contributed by atoms with Crippen LogP contribution >= 0.6 is 0 Å². The Hall–Kier alpha value is -0.800. The maximum absolute atomic E-state index is 11.0. The third-order valence-corrected chi connectivity index (χ3v) is 8.17. The van der Waals surface area contributed by atoms with Crippen LogP contribution in [0.3, 0.4) is 0 Å². The molecule has 0 aromatic heterocycles. The lowest BCUT2D eigenvalue weighted by atomic mass is 9.95. The molecule has 4 saturated heterocycles. The van der Waals surface area contributed by atoms with Crippen LogP contribution in [0.2, 0.25) is 0 Å². The predicted octanol–water partition coefficient (Wildman–Crippen LogP) is -8.72. The molecule has 0 radical (unpaired) electrons. The molecule has 44 heavy (non-hydrogen) atoms. The average Bonchev–Trinajstić information content (AvgIpc) is 3.00. The van der Waals surface area contributed by atoms with E-state index in [1.54, 1.807) is 0 Å². The molecule has 4 aliphatic rings. The third kappa shape index (κ3) is 7.05. The van der Waals surface area contributed by atoms with Crippen LogP contribution in [-0.4, -0.2) is 209 Å². The van der Waals surface area contributed by atoms with Crippen molar-refractivity contribution in [1.82, 2.24) is 0 Å². The molecule has 20 nitrogen and oxygen atoms in total. The minimum Gasteiger partial charge on any atom is -0.394 e. The van der Waals surface area contributed by atoms with E-state index >= 15 is 0 Å². The molecule has 0 amide bonds. The van der Waals surface area contributed by atoms with Gasteiger partial charge in [0.05, 0.1) is 25.9 Å². The van der Waals surface area contributed by atoms with E-state index in [0.29, 0.717) is 0 Å². The minimum atomic E-state index is -1.99. The van der Waals surface area contributed by atoms with Crippen LogP contribution in [-0.2, 0) is 33.2 Å². The summed E-state index contributed by atoms with van der Waals surface area (Å²) in [5.41, 5.74) is 0. The SMILES string of the molecule is CC1O[C@@H](O[C@@H]2[C@H](O)C(O)OC(CO)[C@H]2O)[C@@H](O)C(O[C@@H]2OC(CO)[C@@H](O)[C@H](O[C@@H]3OC(CO)[C@@H](O)[C@H](O)C3O)C2O)[C@H]1O. The van der Waals surface area contributed by atoms with Crippen LogP contribution in [0, 0.1) is 0 Å². The van der Waals surface area contributed by atoms with Crippen molar-refractivity contribution in [2.24, 2.45) is 0 Å². The average molecular weight is 651 g/mol.